The SMILES string of the molecule is CN=C/C=C(\C)Oc1cc(C#N)ccc1C1=CC[C@@H](C)/C=C(\CCN)C=N1. The molecule has 27 heavy (non-hydrogen) atoms. The molecule has 140 valence electrons. The second-order valence-electron chi connectivity index (χ2n) is 6.45. The van der Waals surface area contributed by atoms with Gasteiger partial charge in [-0.05, 0) is 62.1 Å². The lowest BCUT2D eigenvalue weighted by Gasteiger charge is -2.15. The van der Waals surface area contributed by atoms with E-state index in [0.29, 0.717) is 29.5 Å². The zero-order valence-electron chi connectivity index (χ0n) is 16.1. The highest BCUT2D eigenvalue weighted by molar-refractivity contribution is 5.86. The summed E-state index contributed by atoms with van der Waals surface area (Å²) in [6.07, 6.45) is 11.3. The van der Waals surface area contributed by atoms with Crippen molar-refractivity contribution in [3.8, 4) is 11.8 Å². The maximum absolute atomic E-state index is 9.24. The maximum atomic E-state index is 9.24. The molecular formula is C22H26N4O. The average molecular weight is 362 g/mol. The Morgan fingerprint density at radius 1 is 1.48 bits per heavy atom. The van der Waals surface area contributed by atoms with Gasteiger partial charge in [0.15, 0.2) is 0 Å². The fourth-order valence-corrected chi connectivity index (χ4v) is 2.75. The van der Waals surface area contributed by atoms with Crippen molar-refractivity contribution in [1.29, 1.82) is 5.26 Å². The molecule has 0 spiro atoms. The summed E-state index contributed by atoms with van der Waals surface area (Å²) in [7, 11) is 1.70. The van der Waals surface area contributed by atoms with Crippen LogP contribution in [0.3, 0.4) is 0 Å². The van der Waals surface area contributed by atoms with Gasteiger partial charge in [-0.25, -0.2) is 0 Å². The van der Waals surface area contributed by atoms with Gasteiger partial charge in [0.05, 0.1) is 17.3 Å². The van der Waals surface area contributed by atoms with Crippen LogP contribution in [0.4, 0.5) is 0 Å². The van der Waals surface area contributed by atoms with Crippen LogP contribution in [0.5, 0.6) is 5.75 Å². The van der Waals surface area contributed by atoms with E-state index in [0.717, 1.165) is 29.7 Å². The van der Waals surface area contributed by atoms with Gasteiger partial charge in [-0.1, -0.05) is 19.1 Å². The van der Waals surface area contributed by atoms with E-state index in [4.69, 9.17) is 10.5 Å². The number of hydrogen-bond donors (Lipinski definition) is 1. The summed E-state index contributed by atoms with van der Waals surface area (Å²) in [5.74, 6) is 1.69. The minimum atomic E-state index is 0.401. The van der Waals surface area contributed by atoms with Gasteiger partial charge in [0.25, 0.3) is 0 Å². The average Bonchev–Trinajstić information content (AvgIpc) is 2.65. The molecule has 1 aliphatic rings. The van der Waals surface area contributed by atoms with E-state index in [1.54, 1.807) is 31.5 Å². The lowest BCUT2D eigenvalue weighted by Crippen LogP contribution is -2.04. The monoisotopic (exact) mass is 362 g/mol. The highest BCUT2D eigenvalue weighted by Crippen LogP contribution is 2.31. The molecule has 1 atom stereocenters. The predicted octanol–water partition coefficient (Wildman–Crippen LogP) is 4.27. The molecule has 0 aromatic heterocycles. The Balaban J connectivity index is 2.44. The Labute approximate surface area is 161 Å². The molecule has 1 aromatic rings. The van der Waals surface area contributed by atoms with Gasteiger partial charge < -0.3 is 10.5 Å². The van der Waals surface area contributed by atoms with Crippen LogP contribution in [0.2, 0.25) is 0 Å². The van der Waals surface area contributed by atoms with Crippen LogP contribution in [-0.2, 0) is 0 Å². The molecule has 1 aromatic carbocycles. The van der Waals surface area contributed by atoms with E-state index in [-0.39, 0.29) is 0 Å². The standard InChI is InChI=1S/C22H26N4O/c1-16-4-7-21(26-15-19(12-16)8-10-23)20-6-5-18(14-24)13-22(20)27-17(2)9-11-25-3/h5-7,9,11-13,15-16H,4,8,10,23H2,1-3H3/b17-9+,19-12+,21-7?,25-11?,26-15?/t16-/m1/s1. The van der Waals surface area contributed by atoms with Crippen molar-refractivity contribution >= 4 is 18.1 Å². The summed E-state index contributed by atoms with van der Waals surface area (Å²) < 4.78 is 5.99. The van der Waals surface area contributed by atoms with E-state index in [1.165, 1.54) is 0 Å². The number of rotatable bonds is 6. The second kappa shape index (κ2) is 10.2. The van der Waals surface area contributed by atoms with Gasteiger partial charge in [0.2, 0.25) is 0 Å². The van der Waals surface area contributed by atoms with Gasteiger partial charge in [-0.3, -0.25) is 9.98 Å². The van der Waals surface area contributed by atoms with Crippen LogP contribution in [-0.4, -0.2) is 26.0 Å². The Morgan fingerprint density at radius 3 is 3.00 bits per heavy atom. The van der Waals surface area contributed by atoms with Crippen LogP contribution >= 0.6 is 0 Å². The van der Waals surface area contributed by atoms with E-state index < -0.39 is 0 Å². The van der Waals surface area contributed by atoms with Crippen LogP contribution in [0.25, 0.3) is 5.70 Å². The molecule has 2 N–H and O–H groups in total. The van der Waals surface area contributed by atoms with E-state index in [1.807, 2.05) is 19.2 Å². The van der Waals surface area contributed by atoms with Crippen LogP contribution in [0, 0.1) is 17.2 Å². The lowest BCUT2D eigenvalue weighted by atomic mass is 9.98. The zero-order chi connectivity index (χ0) is 19.6. The number of hydrogen-bond acceptors (Lipinski definition) is 5. The second-order valence-corrected chi connectivity index (χ2v) is 6.45. The van der Waals surface area contributed by atoms with Gasteiger partial charge in [-0.2, -0.15) is 5.26 Å². The van der Waals surface area contributed by atoms with Crippen molar-refractivity contribution in [2.24, 2.45) is 21.6 Å². The largest absolute Gasteiger partial charge is 0.461 e. The molecule has 2 rings (SSSR count). The predicted molar refractivity (Wildman–Crippen MR) is 112 cm³/mol. The minimum Gasteiger partial charge on any atom is -0.461 e. The van der Waals surface area contributed by atoms with Crippen LogP contribution in [0.1, 0.15) is 37.8 Å². The van der Waals surface area contributed by atoms with Crippen molar-refractivity contribution in [2.45, 2.75) is 26.7 Å². The number of allylic oxidation sites excluding steroid dienone is 4. The molecule has 5 nitrogen and oxygen atoms in total. The molecule has 5 heteroatoms. The molecule has 0 saturated carbocycles. The fourth-order valence-electron chi connectivity index (χ4n) is 2.75. The zero-order valence-corrected chi connectivity index (χ0v) is 16.1. The third-order valence-electron chi connectivity index (χ3n) is 4.10. The van der Waals surface area contributed by atoms with Gasteiger partial charge >= 0.3 is 0 Å². The third-order valence-corrected chi connectivity index (χ3v) is 4.10. The minimum absolute atomic E-state index is 0.401. The number of aliphatic imine (C=N–C) groups is 2. The number of nitrogens with zero attached hydrogens (tertiary/aromatic N) is 3. The Bertz CT molecular complexity index is 854. The van der Waals surface area contributed by atoms with Gasteiger partial charge in [-0.15, -0.1) is 0 Å². The van der Waals surface area contributed by atoms with Crippen molar-refractivity contribution in [1.82, 2.24) is 0 Å². The molecule has 0 amide bonds. The first-order valence-corrected chi connectivity index (χ1v) is 9.03. The third kappa shape index (κ3) is 6.05. The smallest absolute Gasteiger partial charge is 0.137 e. The van der Waals surface area contributed by atoms with E-state index in [9.17, 15) is 5.26 Å². The first-order valence-electron chi connectivity index (χ1n) is 9.03. The Kier molecular flexibility index (Phi) is 7.72. The van der Waals surface area contributed by atoms with E-state index in [2.05, 4.69) is 35.1 Å². The summed E-state index contributed by atoms with van der Waals surface area (Å²) in [6.45, 7) is 4.62. The maximum Gasteiger partial charge on any atom is 0.137 e. The summed E-state index contributed by atoms with van der Waals surface area (Å²) in [5, 5.41) is 9.24. The van der Waals surface area contributed by atoms with Gasteiger partial charge in [0.1, 0.15) is 11.5 Å². The summed E-state index contributed by atoms with van der Waals surface area (Å²) in [6, 6.07) is 7.57. The molecule has 0 unspecified atom stereocenters. The van der Waals surface area contributed by atoms with Gasteiger partial charge in [0, 0.05) is 25.0 Å². The Hall–Kier alpha value is -2.97. The quantitative estimate of drug-likeness (QED) is 0.606. The van der Waals surface area contributed by atoms with Crippen LogP contribution in [0.15, 0.2) is 57.7 Å². The van der Waals surface area contributed by atoms with Crippen molar-refractivity contribution < 1.29 is 4.74 Å². The molecule has 1 aliphatic heterocycles. The Morgan fingerprint density at radius 2 is 2.30 bits per heavy atom. The van der Waals surface area contributed by atoms with Crippen molar-refractivity contribution in [2.75, 3.05) is 13.6 Å². The molecular weight excluding hydrogens is 336 g/mol. The summed E-state index contributed by atoms with van der Waals surface area (Å²) in [4.78, 5) is 8.61. The summed E-state index contributed by atoms with van der Waals surface area (Å²) >= 11 is 0. The number of nitrogens with two attached hydrogens (primary N) is 1. The molecule has 1 heterocycles. The highest BCUT2D eigenvalue weighted by Gasteiger charge is 2.13. The molecule has 0 radical (unpaired) electrons. The highest BCUT2D eigenvalue weighted by atomic mass is 16.5. The molecule has 0 aliphatic carbocycles. The number of ether oxygens (including phenoxy) is 1. The van der Waals surface area contributed by atoms with Crippen molar-refractivity contribution in [3.63, 3.8) is 0 Å². The molecule has 0 saturated heterocycles. The fraction of sp³-hybridized carbons (Fsp3) is 0.318. The van der Waals surface area contributed by atoms with Crippen LogP contribution < -0.4 is 10.5 Å². The normalized spacial score (nSPS) is 19.7. The first kappa shape index (κ1) is 20.3. The first-order chi connectivity index (χ1) is 13.1. The molecule has 0 fully saturated rings. The summed E-state index contributed by atoms with van der Waals surface area (Å²) in [5.41, 5.74) is 9.08. The molecule has 0 bridgehead atoms. The number of nitriles is 1. The number of benzene rings is 1. The lowest BCUT2D eigenvalue weighted by molar-refractivity contribution is 0.427. The van der Waals surface area contributed by atoms with E-state index >= 15 is 0 Å². The topological polar surface area (TPSA) is 83.8 Å². The van der Waals surface area contributed by atoms with Crippen molar-refractivity contribution in [3.05, 3.63) is 58.9 Å².